The zero-order chi connectivity index (χ0) is 14.7. The third kappa shape index (κ3) is 2.81. The van der Waals surface area contributed by atoms with Crippen LogP contribution in [0, 0.1) is 10.1 Å². The second kappa shape index (κ2) is 5.49. The van der Waals surface area contributed by atoms with Crippen molar-refractivity contribution < 1.29 is 19.6 Å². The molecule has 0 saturated carbocycles. The quantitative estimate of drug-likeness (QED) is 0.680. The van der Waals surface area contributed by atoms with Gasteiger partial charge >= 0.3 is 5.97 Å². The lowest BCUT2D eigenvalue weighted by atomic mass is 10.1. The molecule has 0 amide bonds. The number of halogens is 1. The lowest BCUT2D eigenvalue weighted by Crippen LogP contribution is -2.05. The number of hydrogen-bond donors (Lipinski definition) is 1. The highest BCUT2D eigenvalue weighted by Crippen LogP contribution is 2.31. The Labute approximate surface area is 116 Å². The standard InChI is InChI=1S/C11H6ClN3O5/c12-8-4-5-9(14-13-8)20-7-3-1-2-6(15(18)19)10(7)11(16)17/h1-5H,(H,16,17). The van der Waals surface area contributed by atoms with Crippen molar-refractivity contribution in [3.63, 3.8) is 0 Å². The lowest BCUT2D eigenvalue weighted by Gasteiger charge is -2.07. The molecule has 2 rings (SSSR count). The summed E-state index contributed by atoms with van der Waals surface area (Å²) in [6, 6.07) is 6.42. The zero-order valence-electron chi connectivity index (χ0n) is 9.69. The van der Waals surface area contributed by atoms with Crippen LogP contribution in [0.3, 0.4) is 0 Å². The van der Waals surface area contributed by atoms with E-state index < -0.39 is 22.1 Å². The van der Waals surface area contributed by atoms with E-state index in [1.807, 2.05) is 0 Å². The SMILES string of the molecule is O=C(O)c1c(Oc2ccc(Cl)nn2)cccc1[N+](=O)[O-]. The molecule has 0 radical (unpaired) electrons. The molecule has 9 heteroatoms. The van der Waals surface area contributed by atoms with Crippen molar-refractivity contribution in [1.29, 1.82) is 0 Å². The molecule has 0 saturated heterocycles. The van der Waals surface area contributed by atoms with Crippen molar-refractivity contribution in [2.75, 3.05) is 0 Å². The first-order chi connectivity index (χ1) is 9.49. The topological polar surface area (TPSA) is 115 Å². The van der Waals surface area contributed by atoms with E-state index in [0.29, 0.717) is 0 Å². The van der Waals surface area contributed by atoms with E-state index in [2.05, 4.69) is 10.2 Å². The number of rotatable bonds is 4. The Bertz CT molecular complexity index is 674. The number of nitrogens with zero attached hydrogens (tertiary/aromatic N) is 3. The summed E-state index contributed by atoms with van der Waals surface area (Å²) in [4.78, 5) is 21.2. The van der Waals surface area contributed by atoms with Gasteiger partial charge in [-0.05, 0) is 12.1 Å². The maximum Gasteiger partial charge on any atom is 0.346 e. The molecular formula is C11H6ClN3O5. The molecule has 1 aromatic heterocycles. The third-order valence-electron chi connectivity index (χ3n) is 2.24. The van der Waals surface area contributed by atoms with Crippen molar-refractivity contribution in [3.05, 3.63) is 51.2 Å². The number of carbonyl (C=O) groups is 1. The third-order valence-corrected chi connectivity index (χ3v) is 2.44. The van der Waals surface area contributed by atoms with Gasteiger partial charge in [-0.25, -0.2) is 4.79 Å². The summed E-state index contributed by atoms with van der Waals surface area (Å²) in [5, 5.41) is 27.1. The van der Waals surface area contributed by atoms with Gasteiger partial charge in [0.1, 0.15) is 0 Å². The first-order valence-corrected chi connectivity index (χ1v) is 5.54. The average molecular weight is 296 g/mol. The van der Waals surface area contributed by atoms with Gasteiger partial charge in [0.25, 0.3) is 5.69 Å². The second-order valence-electron chi connectivity index (χ2n) is 3.51. The summed E-state index contributed by atoms with van der Waals surface area (Å²) < 4.78 is 5.20. The van der Waals surface area contributed by atoms with Crippen molar-refractivity contribution in [2.24, 2.45) is 0 Å². The number of aromatic nitrogens is 2. The summed E-state index contributed by atoms with van der Waals surface area (Å²) in [7, 11) is 0. The monoisotopic (exact) mass is 295 g/mol. The molecule has 0 spiro atoms. The molecule has 102 valence electrons. The van der Waals surface area contributed by atoms with E-state index in [0.717, 1.165) is 6.07 Å². The molecule has 0 atom stereocenters. The first-order valence-electron chi connectivity index (χ1n) is 5.17. The number of nitro groups is 1. The van der Waals surface area contributed by atoms with Crippen LogP contribution in [0.25, 0.3) is 0 Å². The Balaban J connectivity index is 2.46. The number of benzene rings is 1. The van der Waals surface area contributed by atoms with Crippen LogP contribution in [0.5, 0.6) is 11.6 Å². The molecule has 1 N–H and O–H groups in total. The van der Waals surface area contributed by atoms with Crippen LogP contribution >= 0.6 is 11.6 Å². The number of carboxylic acid groups (broad SMARTS) is 1. The molecule has 0 aliphatic carbocycles. The van der Waals surface area contributed by atoms with Gasteiger partial charge < -0.3 is 9.84 Å². The molecule has 1 aromatic carbocycles. The van der Waals surface area contributed by atoms with Crippen LogP contribution in [0.4, 0.5) is 5.69 Å². The van der Waals surface area contributed by atoms with E-state index in [9.17, 15) is 14.9 Å². The molecule has 0 aliphatic heterocycles. The normalized spacial score (nSPS) is 10.1. The Kier molecular flexibility index (Phi) is 3.76. The number of aromatic carboxylic acids is 1. The average Bonchev–Trinajstić information content (AvgIpc) is 2.40. The number of carboxylic acids is 1. The molecule has 8 nitrogen and oxygen atoms in total. The lowest BCUT2D eigenvalue weighted by molar-refractivity contribution is -0.385. The largest absolute Gasteiger partial charge is 0.477 e. The predicted octanol–water partition coefficient (Wildman–Crippen LogP) is 2.53. The van der Waals surface area contributed by atoms with Crippen LogP contribution in [0.15, 0.2) is 30.3 Å². The van der Waals surface area contributed by atoms with Gasteiger partial charge in [-0.15, -0.1) is 10.2 Å². The molecule has 0 unspecified atom stereocenters. The van der Waals surface area contributed by atoms with Gasteiger partial charge in [0, 0.05) is 12.1 Å². The van der Waals surface area contributed by atoms with E-state index >= 15 is 0 Å². The predicted molar refractivity (Wildman–Crippen MR) is 67.2 cm³/mol. The van der Waals surface area contributed by atoms with Crippen LogP contribution in [-0.2, 0) is 0 Å². The Morgan fingerprint density at radius 1 is 1.30 bits per heavy atom. The van der Waals surface area contributed by atoms with Crippen molar-refractivity contribution in [3.8, 4) is 11.6 Å². The van der Waals surface area contributed by atoms with Crippen molar-refractivity contribution >= 4 is 23.3 Å². The van der Waals surface area contributed by atoms with Gasteiger partial charge in [0.2, 0.25) is 5.88 Å². The smallest absolute Gasteiger partial charge is 0.346 e. The fraction of sp³-hybridized carbons (Fsp3) is 0. The Hall–Kier alpha value is -2.74. The maximum absolute atomic E-state index is 11.1. The fourth-order valence-corrected chi connectivity index (χ4v) is 1.54. The van der Waals surface area contributed by atoms with Crippen LogP contribution in [0.1, 0.15) is 10.4 Å². The van der Waals surface area contributed by atoms with Gasteiger partial charge in [0.05, 0.1) is 4.92 Å². The minimum absolute atomic E-state index is 0.0302. The number of nitro benzene ring substituents is 1. The number of hydrogen-bond acceptors (Lipinski definition) is 6. The van der Waals surface area contributed by atoms with E-state index in [-0.39, 0.29) is 16.8 Å². The van der Waals surface area contributed by atoms with Gasteiger partial charge in [0.15, 0.2) is 16.5 Å². The Morgan fingerprint density at radius 2 is 2.05 bits per heavy atom. The van der Waals surface area contributed by atoms with Gasteiger partial charge in [-0.3, -0.25) is 10.1 Å². The minimum Gasteiger partial charge on any atom is -0.477 e. The molecule has 1 heterocycles. The highest BCUT2D eigenvalue weighted by Gasteiger charge is 2.25. The Morgan fingerprint density at radius 3 is 2.60 bits per heavy atom. The van der Waals surface area contributed by atoms with Gasteiger partial charge in [-0.2, -0.15) is 0 Å². The molecule has 0 aliphatic rings. The van der Waals surface area contributed by atoms with Crippen molar-refractivity contribution in [1.82, 2.24) is 10.2 Å². The minimum atomic E-state index is -1.48. The molecular weight excluding hydrogens is 290 g/mol. The summed E-state index contributed by atoms with van der Waals surface area (Å²) in [6.07, 6.45) is 0. The summed E-state index contributed by atoms with van der Waals surface area (Å²) in [5.74, 6) is -1.71. The van der Waals surface area contributed by atoms with Crippen LogP contribution < -0.4 is 4.74 Å². The van der Waals surface area contributed by atoms with E-state index in [4.69, 9.17) is 21.4 Å². The zero-order valence-corrected chi connectivity index (χ0v) is 10.4. The molecule has 20 heavy (non-hydrogen) atoms. The molecule has 0 bridgehead atoms. The first kappa shape index (κ1) is 13.7. The van der Waals surface area contributed by atoms with Crippen LogP contribution in [-0.4, -0.2) is 26.2 Å². The molecule has 2 aromatic rings. The molecule has 0 fully saturated rings. The summed E-state index contributed by atoms with van der Waals surface area (Å²) in [6.45, 7) is 0. The fourth-order valence-electron chi connectivity index (χ4n) is 1.44. The van der Waals surface area contributed by atoms with E-state index in [1.165, 1.54) is 24.3 Å². The van der Waals surface area contributed by atoms with Gasteiger partial charge in [-0.1, -0.05) is 17.7 Å². The van der Waals surface area contributed by atoms with Crippen LogP contribution in [0.2, 0.25) is 5.15 Å². The number of ether oxygens (including phenoxy) is 1. The summed E-state index contributed by atoms with van der Waals surface area (Å²) >= 11 is 5.55. The summed E-state index contributed by atoms with van der Waals surface area (Å²) in [5.41, 5.74) is -1.13. The highest BCUT2D eigenvalue weighted by atomic mass is 35.5. The maximum atomic E-state index is 11.1. The second-order valence-corrected chi connectivity index (χ2v) is 3.90. The van der Waals surface area contributed by atoms with E-state index in [1.54, 1.807) is 0 Å². The van der Waals surface area contributed by atoms with Crippen molar-refractivity contribution in [2.45, 2.75) is 0 Å². The highest BCUT2D eigenvalue weighted by molar-refractivity contribution is 6.29.